The lowest BCUT2D eigenvalue weighted by Crippen LogP contribution is -2.23. The van der Waals surface area contributed by atoms with Crippen LogP contribution in [0.5, 0.6) is 5.75 Å². The zero-order chi connectivity index (χ0) is 13.7. The second kappa shape index (κ2) is 6.40. The third-order valence-electron chi connectivity index (χ3n) is 2.68. The molecule has 1 N–H and O–H groups in total. The summed E-state index contributed by atoms with van der Waals surface area (Å²) in [6.07, 6.45) is 0.215. The lowest BCUT2D eigenvalue weighted by Gasteiger charge is -2.20. The first-order valence-corrected chi connectivity index (χ1v) is 6.08. The minimum Gasteiger partial charge on any atom is -0.507 e. The molecule has 0 aliphatic carbocycles. The molecule has 4 heteroatoms. The van der Waals surface area contributed by atoms with E-state index < -0.39 is 0 Å². The highest BCUT2D eigenvalue weighted by molar-refractivity contribution is 5.97. The standard InChI is InChI=1S/C14H21NO3/c1-10(2)18-8-7-15(4)12-5-6-13(11(3)16)14(17)9-12/h5-6,9-10,17H,7-8H2,1-4H3. The molecule has 0 atom stereocenters. The molecule has 0 fully saturated rings. The van der Waals surface area contributed by atoms with Gasteiger partial charge in [-0.2, -0.15) is 0 Å². The molecule has 1 rings (SSSR count). The van der Waals surface area contributed by atoms with Crippen LogP contribution in [0, 0.1) is 0 Å². The van der Waals surface area contributed by atoms with Crippen LogP contribution in [-0.4, -0.2) is 37.2 Å². The van der Waals surface area contributed by atoms with Crippen molar-refractivity contribution in [2.24, 2.45) is 0 Å². The van der Waals surface area contributed by atoms with E-state index in [1.807, 2.05) is 31.9 Å². The van der Waals surface area contributed by atoms with Gasteiger partial charge in [-0.3, -0.25) is 4.79 Å². The number of ketones is 1. The van der Waals surface area contributed by atoms with Crippen LogP contribution in [0.3, 0.4) is 0 Å². The fourth-order valence-electron chi connectivity index (χ4n) is 1.61. The number of aromatic hydroxyl groups is 1. The van der Waals surface area contributed by atoms with Crippen LogP contribution in [0.1, 0.15) is 31.1 Å². The fourth-order valence-corrected chi connectivity index (χ4v) is 1.61. The predicted octanol–water partition coefficient (Wildman–Crippen LogP) is 2.46. The van der Waals surface area contributed by atoms with Crippen molar-refractivity contribution in [3.8, 4) is 5.75 Å². The Kier molecular flexibility index (Phi) is 5.16. The average Bonchev–Trinajstić information content (AvgIpc) is 2.27. The van der Waals surface area contributed by atoms with Gasteiger partial charge in [0, 0.05) is 25.3 Å². The number of hydrogen-bond acceptors (Lipinski definition) is 4. The zero-order valence-electron chi connectivity index (χ0n) is 11.4. The first-order valence-electron chi connectivity index (χ1n) is 6.08. The van der Waals surface area contributed by atoms with Crippen LogP contribution in [0.4, 0.5) is 5.69 Å². The normalized spacial score (nSPS) is 10.7. The molecule has 0 aliphatic heterocycles. The van der Waals surface area contributed by atoms with Crippen molar-refractivity contribution >= 4 is 11.5 Å². The molecular formula is C14H21NO3. The average molecular weight is 251 g/mol. The van der Waals surface area contributed by atoms with Gasteiger partial charge in [0.2, 0.25) is 0 Å². The Hall–Kier alpha value is -1.55. The van der Waals surface area contributed by atoms with E-state index in [4.69, 9.17) is 4.74 Å². The van der Waals surface area contributed by atoms with E-state index in [1.54, 1.807) is 12.1 Å². The van der Waals surface area contributed by atoms with Crippen LogP contribution in [0.15, 0.2) is 18.2 Å². The van der Waals surface area contributed by atoms with Crippen LogP contribution in [0.2, 0.25) is 0 Å². The topological polar surface area (TPSA) is 49.8 Å². The Bertz CT molecular complexity index is 416. The quantitative estimate of drug-likeness (QED) is 0.789. The van der Waals surface area contributed by atoms with Gasteiger partial charge in [0.05, 0.1) is 18.3 Å². The third kappa shape index (κ3) is 4.04. The minimum atomic E-state index is -0.134. The highest BCUT2D eigenvalue weighted by atomic mass is 16.5. The molecule has 0 saturated heterocycles. The lowest BCUT2D eigenvalue weighted by atomic mass is 10.1. The molecular weight excluding hydrogens is 230 g/mol. The van der Waals surface area contributed by atoms with Crippen LogP contribution < -0.4 is 4.90 Å². The second-order valence-corrected chi connectivity index (χ2v) is 4.60. The molecule has 1 aromatic carbocycles. The number of carbonyl (C=O) groups is 1. The molecule has 0 saturated carbocycles. The van der Waals surface area contributed by atoms with Gasteiger partial charge in [0.1, 0.15) is 5.75 Å². The summed E-state index contributed by atoms with van der Waals surface area (Å²) in [6, 6.07) is 5.07. The van der Waals surface area contributed by atoms with E-state index in [0.717, 1.165) is 12.2 Å². The van der Waals surface area contributed by atoms with Crippen molar-refractivity contribution in [2.75, 3.05) is 25.1 Å². The highest BCUT2D eigenvalue weighted by Crippen LogP contribution is 2.24. The summed E-state index contributed by atoms with van der Waals surface area (Å²) in [6.45, 7) is 6.79. The second-order valence-electron chi connectivity index (χ2n) is 4.60. The van der Waals surface area contributed by atoms with Gasteiger partial charge in [-0.1, -0.05) is 0 Å². The number of likely N-dealkylation sites (N-methyl/N-ethyl adjacent to an activating group) is 1. The molecule has 0 aliphatic rings. The minimum absolute atomic E-state index is 0.0247. The van der Waals surface area contributed by atoms with Crippen molar-refractivity contribution in [2.45, 2.75) is 26.9 Å². The fraction of sp³-hybridized carbons (Fsp3) is 0.500. The van der Waals surface area contributed by atoms with E-state index in [9.17, 15) is 9.90 Å². The monoisotopic (exact) mass is 251 g/mol. The first kappa shape index (κ1) is 14.5. The third-order valence-corrected chi connectivity index (χ3v) is 2.68. The van der Waals surface area contributed by atoms with Gasteiger partial charge >= 0.3 is 0 Å². The van der Waals surface area contributed by atoms with Crippen molar-refractivity contribution in [1.29, 1.82) is 0 Å². The molecule has 0 radical (unpaired) electrons. The summed E-state index contributed by atoms with van der Waals surface area (Å²) in [5.41, 5.74) is 1.22. The highest BCUT2D eigenvalue weighted by Gasteiger charge is 2.09. The molecule has 0 bridgehead atoms. The summed E-state index contributed by atoms with van der Waals surface area (Å²) in [5, 5.41) is 9.75. The number of carbonyl (C=O) groups excluding carboxylic acids is 1. The molecule has 1 aromatic rings. The number of phenolic OH excluding ortho intramolecular Hbond substituents is 1. The Labute approximate surface area is 108 Å². The van der Waals surface area contributed by atoms with Crippen LogP contribution >= 0.6 is 0 Å². The molecule has 18 heavy (non-hydrogen) atoms. The molecule has 0 heterocycles. The number of nitrogens with zero attached hydrogens (tertiary/aromatic N) is 1. The molecule has 0 amide bonds. The molecule has 0 spiro atoms. The van der Waals surface area contributed by atoms with Crippen molar-refractivity contribution in [3.63, 3.8) is 0 Å². The lowest BCUT2D eigenvalue weighted by molar-refractivity contribution is 0.0846. The summed E-state index contributed by atoms with van der Waals surface area (Å²) in [7, 11) is 1.92. The molecule has 100 valence electrons. The van der Waals surface area contributed by atoms with E-state index in [2.05, 4.69) is 0 Å². The van der Waals surface area contributed by atoms with Gasteiger partial charge < -0.3 is 14.7 Å². The van der Waals surface area contributed by atoms with E-state index in [0.29, 0.717) is 12.2 Å². The number of anilines is 1. The van der Waals surface area contributed by atoms with Gasteiger partial charge in [-0.05, 0) is 32.9 Å². The van der Waals surface area contributed by atoms with Gasteiger partial charge in [-0.25, -0.2) is 0 Å². The van der Waals surface area contributed by atoms with Crippen molar-refractivity contribution in [3.05, 3.63) is 23.8 Å². The Morgan fingerprint density at radius 2 is 2.11 bits per heavy atom. The summed E-state index contributed by atoms with van der Waals surface area (Å²) in [4.78, 5) is 13.2. The maximum absolute atomic E-state index is 11.2. The van der Waals surface area contributed by atoms with Gasteiger partial charge in [-0.15, -0.1) is 0 Å². The van der Waals surface area contributed by atoms with Gasteiger partial charge in [0.25, 0.3) is 0 Å². The Morgan fingerprint density at radius 3 is 2.61 bits per heavy atom. The largest absolute Gasteiger partial charge is 0.507 e. The SMILES string of the molecule is CC(=O)c1ccc(N(C)CCOC(C)C)cc1O. The zero-order valence-corrected chi connectivity index (χ0v) is 11.4. The number of benzene rings is 1. The van der Waals surface area contributed by atoms with E-state index >= 15 is 0 Å². The number of phenols is 1. The molecule has 0 aromatic heterocycles. The van der Waals surface area contributed by atoms with Crippen molar-refractivity contribution < 1.29 is 14.6 Å². The maximum Gasteiger partial charge on any atom is 0.163 e. The van der Waals surface area contributed by atoms with Crippen LogP contribution in [-0.2, 0) is 4.74 Å². The van der Waals surface area contributed by atoms with Gasteiger partial charge in [0.15, 0.2) is 5.78 Å². The summed E-state index contributed by atoms with van der Waals surface area (Å²) >= 11 is 0. The summed E-state index contributed by atoms with van der Waals surface area (Å²) < 4.78 is 5.47. The smallest absolute Gasteiger partial charge is 0.163 e. The summed E-state index contributed by atoms with van der Waals surface area (Å²) in [5.74, 6) is -0.110. The van der Waals surface area contributed by atoms with E-state index in [-0.39, 0.29) is 17.6 Å². The molecule has 4 nitrogen and oxygen atoms in total. The van der Waals surface area contributed by atoms with Crippen LogP contribution in [0.25, 0.3) is 0 Å². The first-order chi connectivity index (χ1) is 8.41. The number of rotatable bonds is 6. The van der Waals surface area contributed by atoms with Crippen molar-refractivity contribution in [1.82, 2.24) is 0 Å². The maximum atomic E-state index is 11.2. The molecule has 0 unspecified atom stereocenters. The predicted molar refractivity (Wildman–Crippen MR) is 72.5 cm³/mol. The Morgan fingerprint density at radius 1 is 1.44 bits per heavy atom. The number of hydrogen-bond donors (Lipinski definition) is 1. The van der Waals surface area contributed by atoms with E-state index in [1.165, 1.54) is 6.92 Å². The number of ether oxygens (including phenoxy) is 1. The number of Topliss-reactive ketones (excluding diaryl/α,β-unsaturated/α-hetero) is 1. The Balaban J connectivity index is 2.66.